The van der Waals surface area contributed by atoms with Gasteiger partial charge < -0.3 is 10.8 Å². The number of aryl methyl sites for hydroxylation is 1. The second-order valence-electron chi connectivity index (χ2n) is 4.19. The van der Waals surface area contributed by atoms with Gasteiger partial charge in [-0.3, -0.25) is 4.79 Å². The van der Waals surface area contributed by atoms with Crippen LogP contribution in [0.3, 0.4) is 0 Å². The minimum Gasteiger partial charge on any atom is -0.481 e. The van der Waals surface area contributed by atoms with Gasteiger partial charge in [0.15, 0.2) is 0 Å². The Labute approximate surface area is 96.3 Å². The Kier molecular flexibility index (Phi) is 4.50. The minimum absolute atomic E-state index is 0.0950. The zero-order chi connectivity index (χ0) is 12.1. The van der Waals surface area contributed by atoms with Gasteiger partial charge in [-0.1, -0.05) is 36.8 Å². The van der Waals surface area contributed by atoms with Crippen LogP contribution in [-0.4, -0.2) is 17.1 Å². The number of hydrogen-bond donors (Lipinski definition) is 2. The molecule has 3 heteroatoms. The molecule has 0 aliphatic carbocycles. The molecule has 0 spiro atoms. The van der Waals surface area contributed by atoms with Crippen LogP contribution in [0.2, 0.25) is 0 Å². The lowest BCUT2D eigenvalue weighted by Crippen LogP contribution is -2.29. The Morgan fingerprint density at radius 1 is 1.50 bits per heavy atom. The summed E-state index contributed by atoms with van der Waals surface area (Å²) in [5.41, 5.74) is 8.14. The zero-order valence-electron chi connectivity index (χ0n) is 9.81. The second kappa shape index (κ2) is 5.66. The number of carbonyl (C=O) groups is 1. The molecule has 88 valence electrons. The van der Waals surface area contributed by atoms with Gasteiger partial charge in [0.1, 0.15) is 0 Å². The first-order valence-corrected chi connectivity index (χ1v) is 5.58. The van der Waals surface area contributed by atoms with E-state index >= 15 is 0 Å². The van der Waals surface area contributed by atoms with Crippen molar-refractivity contribution in [3.63, 3.8) is 0 Å². The highest BCUT2D eigenvalue weighted by Crippen LogP contribution is 2.24. The quantitative estimate of drug-likeness (QED) is 0.801. The lowest BCUT2D eigenvalue weighted by molar-refractivity contribution is -0.137. The van der Waals surface area contributed by atoms with Crippen LogP contribution in [0.4, 0.5) is 0 Å². The Hall–Kier alpha value is -1.35. The first kappa shape index (κ1) is 12.7. The molecule has 0 amide bonds. The molecule has 1 aromatic carbocycles. The first-order chi connectivity index (χ1) is 7.54. The van der Waals surface area contributed by atoms with E-state index in [1.54, 1.807) is 0 Å². The topological polar surface area (TPSA) is 63.3 Å². The average molecular weight is 221 g/mol. The van der Waals surface area contributed by atoms with Gasteiger partial charge in [-0.25, -0.2) is 0 Å². The molecule has 2 atom stereocenters. The molecular formula is C13H19NO2. The van der Waals surface area contributed by atoms with Gasteiger partial charge in [-0.2, -0.15) is 0 Å². The van der Waals surface area contributed by atoms with E-state index in [1.807, 2.05) is 38.1 Å². The molecule has 0 heterocycles. The molecule has 0 saturated heterocycles. The predicted molar refractivity (Wildman–Crippen MR) is 64.4 cm³/mol. The number of nitrogens with two attached hydrogens (primary N) is 1. The first-order valence-electron chi connectivity index (χ1n) is 5.58. The second-order valence-corrected chi connectivity index (χ2v) is 4.19. The number of rotatable bonds is 5. The predicted octanol–water partition coefficient (Wildman–Crippen LogP) is 2.29. The maximum Gasteiger partial charge on any atom is 0.304 e. The molecule has 2 unspecified atom stereocenters. The Bertz CT molecular complexity index is 363. The van der Waals surface area contributed by atoms with E-state index in [1.165, 1.54) is 0 Å². The molecule has 0 radical (unpaired) electrons. The van der Waals surface area contributed by atoms with Crippen LogP contribution in [0.15, 0.2) is 24.3 Å². The molecule has 0 aliphatic rings. The molecule has 0 saturated carbocycles. The smallest absolute Gasteiger partial charge is 0.304 e. The van der Waals surface area contributed by atoms with Crippen molar-refractivity contribution in [1.29, 1.82) is 0 Å². The van der Waals surface area contributed by atoms with E-state index < -0.39 is 5.97 Å². The van der Waals surface area contributed by atoms with Crippen molar-refractivity contribution in [2.45, 2.75) is 38.6 Å². The van der Waals surface area contributed by atoms with Gasteiger partial charge in [0, 0.05) is 12.0 Å². The third kappa shape index (κ3) is 3.35. The summed E-state index contributed by atoms with van der Waals surface area (Å²) in [6.07, 6.45) is 0.879. The van der Waals surface area contributed by atoms with E-state index in [9.17, 15) is 4.79 Å². The van der Waals surface area contributed by atoms with Crippen molar-refractivity contribution < 1.29 is 9.90 Å². The molecule has 16 heavy (non-hydrogen) atoms. The zero-order valence-corrected chi connectivity index (χ0v) is 9.81. The van der Waals surface area contributed by atoms with Crippen LogP contribution in [0.25, 0.3) is 0 Å². The summed E-state index contributed by atoms with van der Waals surface area (Å²) in [6.45, 7) is 3.98. The van der Waals surface area contributed by atoms with Crippen LogP contribution in [0.5, 0.6) is 0 Å². The van der Waals surface area contributed by atoms with E-state index in [0.717, 1.165) is 17.5 Å². The molecule has 1 rings (SSSR count). The average Bonchev–Trinajstić information content (AvgIpc) is 2.24. The highest BCUT2D eigenvalue weighted by molar-refractivity contribution is 5.68. The maximum absolute atomic E-state index is 10.8. The lowest BCUT2D eigenvalue weighted by atomic mass is 9.87. The van der Waals surface area contributed by atoms with Gasteiger partial charge in [0.05, 0.1) is 6.42 Å². The number of carboxylic acid groups (broad SMARTS) is 1. The fourth-order valence-corrected chi connectivity index (χ4v) is 1.89. The molecule has 0 aromatic heterocycles. The van der Waals surface area contributed by atoms with E-state index in [2.05, 4.69) is 0 Å². The van der Waals surface area contributed by atoms with E-state index in [-0.39, 0.29) is 18.4 Å². The van der Waals surface area contributed by atoms with Gasteiger partial charge in [0.2, 0.25) is 0 Å². The Balaban J connectivity index is 2.95. The fraction of sp³-hybridized carbons (Fsp3) is 0.462. The number of carboxylic acids is 1. The third-order valence-corrected chi connectivity index (χ3v) is 2.85. The van der Waals surface area contributed by atoms with Crippen molar-refractivity contribution in [3.05, 3.63) is 35.4 Å². The van der Waals surface area contributed by atoms with Crippen LogP contribution < -0.4 is 5.73 Å². The largest absolute Gasteiger partial charge is 0.481 e. The minimum atomic E-state index is -0.796. The summed E-state index contributed by atoms with van der Waals surface area (Å²) in [5.74, 6) is -0.891. The monoisotopic (exact) mass is 221 g/mol. The van der Waals surface area contributed by atoms with Crippen LogP contribution in [0.1, 0.15) is 36.8 Å². The summed E-state index contributed by atoms with van der Waals surface area (Å²) < 4.78 is 0. The maximum atomic E-state index is 10.8. The SMILES string of the molecule is CCC(N)C(CC(=O)O)c1cccc(C)c1. The van der Waals surface area contributed by atoms with Gasteiger partial charge >= 0.3 is 5.97 Å². The Morgan fingerprint density at radius 2 is 2.19 bits per heavy atom. The number of aliphatic carboxylic acids is 1. The van der Waals surface area contributed by atoms with E-state index in [4.69, 9.17) is 10.8 Å². The normalized spacial score (nSPS) is 14.4. The highest BCUT2D eigenvalue weighted by Gasteiger charge is 2.21. The van der Waals surface area contributed by atoms with Crippen molar-refractivity contribution >= 4 is 5.97 Å². The third-order valence-electron chi connectivity index (χ3n) is 2.85. The van der Waals surface area contributed by atoms with Gasteiger partial charge in [-0.05, 0) is 18.9 Å². The highest BCUT2D eigenvalue weighted by atomic mass is 16.4. The molecular weight excluding hydrogens is 202 g/mol. The van der Waals surface area contributed by atoms with Crippen molar-refractivity contribution in [2.75, 3.05) is 0 Å². The van der Waals surface area contributed by atoms with E-state index in [0.29, 0.717) is 0 Å². The lowest BCUT2D eigenvalue weighted by Gasteiger charge is -2.22. The standard InChI is InChI=1S/C13H19NO2/c1-3-12(14)11(8-13(15)16)10-6-4-5-9(2)7-10/h4-7,11-12H,3,8,14H2,1-2H3,(H,15,16). The van der Waals surface area contributed by atoms with Crippen LogP contribution >= 0.6 is 0 Å². The molecule has 3 N–H and O–H groups in total. The van der Waals surface area contributed by atoms with Gasteiger partial charge in [-0.15, -0.1) is 0 Å². The van der Waals surface area contributed by atoms with Crippen molar-refractivity contribution in [2.24, 2.45) is 5.73 Å². The summed E-state index contributed by atoms with van der Waals surface area (Å²) >= 11 is 0. The molecule has 3 nitrogen and oxygen atoms in total. The van der Waals surface area contributed by atoms with Gasteiger partial charge in [0.25, 0.3) is 0 Å². The summed E-state index contributed by atoms with van der Waals surface area (Å²) in [6, 6.07) is 7.82. The van der Waals surface area contributed by atoms with Crippen molar-refractivity contribution in [3.8, 4) is 0 Å². The van der Waals surface area contributed by atoms with Crippen molar-refractivity contribution in [1.82, 2.24) is 0 Å². The summed E-state index contributed by atoms with van der Waals surface area (Å²) in [7, 11) is 0. The molecule has 0 bridgehead atoms. The Morgan fingerprint density at radius 3 is 2.69 bits per heavy atom. The fourth-order valence-electron chi connectivity index (χ4n) is 1.89. The van der Waals surface area contributed by atoms with Crippen LogP contribution in [-0.2, 0) is 4.79 Å². The molecule has 0 aliphatic heterocycles. The summed E-state index contributed by atoms with van der Waals surface area (Å²) in [4.78, 5) is 10.8. The van der Waals surface area contributed by atoms with Crippen LogP contribution in [0, 0.1) is 6.92 Å². The molecule has 1 aromatic rings. The number of benzene rings is 1. The summed E-state index contributed by atoms with van der Waals surface area (Å²) in [5, 5.41) is 8.90. The molecule has 0 fully saturated rings. The number of hydrogen-bond acceptors (Lipinski definition) is 2.